The highest BCUT2D eigenvalue weighted by Crippen LogP contribution is 2.38. The minimum Gasteiger partial charge on any atom is -0.455 e. The van der Waals surface area contributed by atoms with E-state index in [-0.39, 0.29) is 5.84 Å². The summed E-state index contributed by atoms with van der Waals surface area (Å²) in [6.45, 7) is 0. The summed E-state index contributed by atoms with van der Waals surface area (Å²) >= 11 is 0. The fourth-order valence-corrected chi connectivity index (χ4v) is 7.13. The summed E-state index contributed by atoms with van der Waals surface area (Å²) in [7, 11) is 0. The molecule has 0 spiro atoms. The van der Waals surface area contributed by atoms with Crippen molar-refractivity contribution in [2.75, 3.05) is 0 Å². The van der Waals surface area contributed by atoms with Gasteiger partial charge in [0, 0.05) is 38.4 Å². The number of nitrogens with one attached hydrogen (secondary N) is 1. The van der Waals surface area contributed by atoms with E-state index in [0.29, 0.717) is 51.2 Å². The standard InChI is InChI=1S/C49H31N5O2/c50-46(51-44(33-16-6-2-7-17-33)42-30-36-20-10-11-24-40(36)55-42)38-22-13-25-41-43(38)37-21-12-23-39(45(37)56-41)49-53-47(34-18-8-3-9-19-34)52-48(54-49)35-28-26-32(27-29-35)31-14-4-1-5-15-31/h1-30,50H. The lowest BCUT2D eigenvalue weighted by Crippen LogP contribution is -2.07. The molecular formula is C49H31N5O2. The number of aromatic nitrogens is 3. The van der Waals surface area contributed by atoms with Gasteiger partial charge in [0.25, 0.3) is 0 Å². The van der Waals surface area contributed by atoms with Crippen LogP contribution >= 0.6 is 0 Å². The van der Waals surface area contributed by atoms with Gasteiger partial charge in [-0.25, -0.2) is 19.9 Å². The predicted molar refractivity (Wildman–Crippen MR) is 224 cm³/mol. The van der Waals surface area contributed by atoms with Gasteiger partial charge in [-0.2, -0.15) is 0 Å². The van der Waals surface area contributed by atoms with Crippen molar-refractivity contribution in [3.63, 3.8) is 0 Å². The fraction of sp³-hybridized carbons (Fsp3) is 0. The Morgan fingerprint density at radius 3 is 1.79 bits per heavy atom. The smallest absolute Gasteiger partial charge is 0.167 e. The van der Waals surface area contributed by atoms with Gasteiger partial charge in [-0.1, -0.05) is 158 Å². The molecule has 10 aromatic rings. The predicted octanol–water partition coefficient (Wildman–Crippen LogP) is 12.0. The molecule has 56 heavy (non-hydrogen) atoms. The van der Waals surface area contributed by atoms with E-state index in [9.17, 15) is 5.41 Å². The number of rotatable bonds is 7. The third kappa shape index (κ3) is 6.03. The van der Waals surface area contributed by atoms with Crippen LogP contribution < -0.4 is 0 Å². The van der Waals surface area contributed by atoms with Crippen LogP contribution in [0.3, 0.4) is 0 Å². The molecule has 7 aromatic carbocycles. The first kappa shape index (κ1) is 32.8. The highest BCUT2D eigenvalue weighted by atomic mass is 16.3. The highest BCUT2D eigenvalue weighted by molar-refractivity contribution is 6.24. The van der Waals surface area contributed by atoms with Crippen LogP contribution in [-0.4, -0.2) is 26.5 Å². The molecule has 0 fully saturated rings. The van der Waals surface area contributed by atoms with E-state index in [2.05, 4.69) is 24.3 Å². The SMILES string of the molecule is N=C(N=C(c1ccccc1)c1cc2ccccc2o1)c1cccc2oc3c(-c4nc(-c5ccccc5)nc(-c5ccc(-c6ccccc6)cc5)n4)cccc3c12. The van der Waals surface area contributed by atoms with Crippen LogP contribution in [0.4, 0.5) is 0 Å². The van der Waals surface area contributed by atoms with Gasteiger partial charge >= 0.3 is 0 Å². The second-order valence-electron chi connectivity index (χ2n) is 13.4. The molecule has 3 heterocycles. The van der Waals surface area contributed by atoms with Gasteiger partial charge in [0.15, 0.2) is 29.1 Å². The van der Waals surface area contributed by atoms with Crippen molar-refractivity contribution in [3.8, 4) is 45.3 Å². The molecule has 264 valence electrons. The van der Waals surface area contributed by atoms with Gasteiger partial charge in [-0.05, 0) is 35.4 Å². The Labute approximate surface area is 321 Å². The number of aliphatic imine (C=N–C) groups is 1. The summed E-state index contributed by atoms with van der Waals surface area (Å²) in [6.07, 6.45) is 0. The summed E-state index contributed by atoms with van der Waals surface area (Å²) in [5.41, 5.74) is 8.76. The van der Waals surface area contributed by atoms with E-state index >= 15 is 0 Å². The van der Waals surface area contributed by atoms with Crippen molar-refractivity contribution >= 4 is 44.5 Å². The maximum Gasteiger partial charge on any atom is 0.167 e. The molecule has 7 nitrogen and oxygen atoms in total. The van der Waals surface area contributed by atoms with Gasteiger partial charge in [0.05, 0.1) is 5.56 Å². The molecule has 3 aromatic heterocycles. The van der Waals surface area contributed by atoms with Crippen LogP contribution in [0.15, 0.2) is 196 Å². The number of para-hydroxylation sites is 2. The summed E-state index contributed by atoms with van der Waals surface area (Å²) in [4.78, 5) is 20.0. The van der Waals surface area contributed by atoms with E-state index < -0.39 is 0 Å². The van der Waals surface area contributed by atoms with Crippen LogP contribution in [0, 0.1) is 5.41 Å². The molecule has 1 N–H and O–H groups in total. The molecule has 0 unspecified atom stereocenters. The van der Waals surface area contributed by atoms with Gasteiger partial charge in [0.1, 0.15) is 22.5 Å². The van der Waals surface area contributed by atoms with Crippen molar-refractivity contribution in [2.24, 2.45) is 4.99 Å². The van der Waals surface area contributed by atoms with Gasteiger partial charge in [-0.3, -0.25) is 5.41 Å². The Kier molecular flexibility index (Phi) is 8.15. The molecule has 0 aliphatic rings. The van der Waals surface area contributed by atoms with E-state index in [1.54, 1.807) is 0 Å². The molecule has 0 radical (unpaired) electrons. The lowest BCUT2D eigenvalue weighted by Gasteiger charge is -2.09. The minimum absolute atomic E-state index is 0.0794. The number of amidine groups is 1. The molecule has 0 aliphatic heterocycles. The Morgan fingerprint density at radius 1 is 0.482 bits per heavy atom. The van der Waals surface area contributed by atoms with E-state index in [1.165, 1.54) is 0 Å². The summed E-state index contributed by atoms with van der Waals surface area (Å²) in [5.74, 6) is 2.26. The Morgan fingerprint density at radius 2 is 1.05 bits per heavy atom. The first-order chi connectivity index (χ1) is 27.7. The molecule has 0 aliphatic carbocycles. The lowest BCUT2D eigenvalue weighted by molar-refractivity contribution is 0.605. The van der Waals surface area contributed by atoms with Crippen molar-refractivity contribution < 1.29 is 8.83 Å². The molecule has 0 atom stereocenters. The Hall–Kier alpha value is -7.77. The second kappa shape index (κ2) is 13.9. The maximum atomic E-state index is 9.42. The summed E-state index contributed by atoms with van der Waals surface area (Å²) in [5, 5.41) is 12.0. The lowest BCUT2D eigenvalue weighted by atomic mass is 10.0. The van der Waals surface area contributed by atoms with E-state index in [4.69, 9.17) is 28.8 Å². The number of furan rings is 2. The average molecular weight is 722 g/mol. The van der Waals surface area contributed by atoms with Crippen LogP contribution in [0.25, 0.3) is 78.2 Å². The Bertz CT molecular complexity index is 3040. The van der Waals surface area contributed by atoms with Crippen LogP contribution in [0.2, 0.25) is 0 Å². The van der Waals surface area contributed by atoms with Crippen molar-refractivity contribution in [3.05, 3.63) is 199 Å². The normalized spacial score (nSPS) is 11.8. The molecular weight excluding hydrogens is 691 g/mol. The van der Waals surface area contributed by atoms with Crippen LogP contribution in [0.5, 0.6) is 0 Å². The van der Waals surface area contributed by atoms with Crippen LogP contribution in [-0.2, 0) is 0 Å². The first-order valence-corrected chi connectivity index (χ1v) is 18.3. The largest absolute Gasteiger partial charge is 0.455 e. The first-order valence-electron chi connectivity index (χ1n) is 18.3. The van der Waals surface area contributed by atoms with E-state index in [0.717, 1.165) is 49.6 Å². The Balaban J connectivity index is 1.10. The maximum absolute atomic E-state index is 9.42. The average Bonchev–Trinajstić information content (AvgIpc) is 3.88. The van der Waals surface area contributed by atoms with Gasteiger partial charge < -0.3 is 8.83 Å². The highest BCUT2D eigenvalue weighted by Gasteiger charge is 2.21. The molecule has 0 bridgehead atoms. The number of benzene rings is 7. The van der Waals surface area contributed by atoms with E-state index in [1.807, 2.05) is 158 Å². The zero-order valence-corrected chi connectivity index (χ0v) is 29.9. The van der Waals surface area contributed by atoms with Gasteiger partial charge in [0.2, 0.25) is 0 Å². The van der Waals surface area contributed by atoms with Crippen molar-refractivity contribution in [1.29, 1.82) is 5.41 Å². The molecule has 0 saturated heterocycles. The molecule has 0 amide bonds. The fourth-order valence-electron chi connectivity index (χ4n) is 7.13. The monoisotopic (exact) mass is 721 g/mol. The molecule has 7 heteroatoms. The number of hydrogen-bond acceptors (Lipinski definition) is 6. The number of hydrogen-bond donors (Lipinski definition) is 1. The zero-order valence-electron chi connectivity index (χ0n) is 29.9. The van der Waals surface area contributed by atoms with Crippen molar-refractivity contribution in [2.45, 2.75) is 0 Å². The second-order valence-corrected chi connectivity index (χ2v) is 13.4. The van der Waals surface area contributed by atoms with Crippen molar-refractivity contribution in [1.82, 2.24) is 15.0 Å². The van der Waals surface area contributed by atoms with Crippen LogP contribution in [0.1, 0.15) is 16.9 Å². The minimum atomic E-state index is 0.0794. The van der Waals surface area contributed by atoms with Gasteiger partial charge in [-0.15, -0.1) is 0 Å². The third-order valence-corrected chi connectivity index (χ3v) is 9.87. The topological polar surface area (TPSA) is 101 Å². The summed E-state index contributed by atoms with van der Waals surface area (Å²) in [6, 6.07) is 59.8. The number of nitrogens with zero attached hydrogens (tertiary/aromatic N) is 4. The molecule has 0 saturated carbocycles. The zero-order chi connectivity index (χ0) is 37.4. The molecule has 10 rings (SSSR count). The number of fused-ring (bicyclic) bond motifs is 4. The quantitative estimate of drug-likeness (QED) is 0.130. The third-order valence-electron chi connectivity index (χ3n) is 9.87. The summed E-state index contributed by atoms with van der Waals surface area (Å²) < 4.78 is 12.9.